The normalized spacial score (nSPS) is 11.3. The van der Waals surface area contributed by atoms with E-state index in [1.165, 1.54) is 23.5 Å². The van der Waals surface area contributed by atoms with Crippen molar-refractivity contribution in [2.24, 2.45) is 0 Å². The van der Waals surface area contributed by atoms with Crippen LogP contribution in [0.25, 0.3) is 10.6 Å². The van der Waals surface area contributed by atoms with Crippen LogP contribution in [-0.2, 0) is 22.3 Å². The number of thiazole rings is 1. The highest BCUT2D eigenvalue weighted by Crippen LogP contribution is 2.31. The average Bonchev–Trinajstić information content (AvgIpc) is 3.15. The van der Waals surface area contributed by atoms with Gasteiger partial charge in [0.2, 0.25) is 0 Å². The molecule has 0 N–H and O–H groups in total. The molecule has 0 radical (unpaired) electrons. The molecule has 152 valence electrons. The van der Waals surface area contributed by atoms with Crippen LogP contribution in [0.4, 0.5) is 19.0 Å². The first-order valence-corrected chi connectivity index (χ1v) is 9.46. The first-order chi connectivity index (χ1) is 13.7. The molecule has 0 fully saturated rings. The van der Waals surface area contributed by atoms with Crippen LogP contribution in [0.1, 0.15) is 11.3 Å². The SMILES string of the molecule is CN(CC(=O)OCc1csc(-c2ccc(C(F)(F)F)cc2)n1)c1ccc(Cl)nn1. The Hall–Kier alpha value is -2.72. The van der Waals surface area contributed by atoms with Crippen LogP contribution in [0.15, 0.2) is 41.8 Å². The summed E-state index contributed by atoms with van der Waals surface area (Å²) in [6, 6.07) is 7.92. The molecule has 0 saturated carbocycles. The van der Waals surface area contributed by atoms with Crippen LogP contribution >= 0.6 is 22.9 Å². The highest BCUT2D eigenvalue weighted by molar-refractivity contribution is 7.13. The van der Waals surface area contributed by atoms with Gasteiger partial charge >= 0.3 is 12.1 Å². The molecule has 2 aromatic heterocycles. The van der Waals surface area contributed by atoms with Crippen LogP contribution < -0.4 is 4.90 Å². The number of carbonyl (C=O) groups is 1. The summed E-state index contributed by atoms with van der Waals surface area (Å²) in [4.78, 5) is 17.9. The summed E-state index contributed by atoms with van der Waals surface area (Å²) in [5.41, 5.74) is 0.343. The lowest BCUT2D eigenvalue weighted by molar-refractivity contribution is -0.143. The van der Waals surface area contributed by atoms with Crippen LogP contribution in [0, 0.1) is 0 Å². The van der Waals surface area contributed by atoms with Gasteiger partial charge in [-0.25, -0.2) is 4.98 Å². The fourth-order valence-electron chi connectivity index (χ4n) is 2.29. The van der Waals surface area contributed by atoms with Gasteiger partial charge in [0.25, 0.3) is 0 Å². The van der Waals surface area contributed by atoms with E-state index in [1.54, 1.807) is 29.5 Å². The first-order valence-electron chi connectivity index (χ1n) is 8.20. The van der Waals surface area contributed by atoms with E-state index in [0.29, 0.717) is 22.1 Å². The third kappa shape index (κ3) is 5.64. The minimum Gasteiger partial charge on any atom is -0.458 e. The van der Waals surface area contributed by atoms with Gasteiger partial charge in [-0.05, 0) is 24.3 Å². The summed E-state index contributed by atoms with van der Waals surface area (Å²) in [5.74, 6) is -0.0297. The van der Waals surface area contributed by atoms with E-state index in [0.717, 1.165) is 12.1 Å². The number of carbonyl (C=O) groups excluding carboxylic acids is 1. The smallest absolute Gasteiger partial charge is 0.416 e. The van der Waals surface area contributed by atoms with E-state index in [1.807, 2.05) is 0 Å². The lowest BCUT2D eigenvalue weighted by Crippen LogP contribution is -2.27. The molecule has 0 unspecified atom stereocenters. The molecule has 6 nitrogen and oxygen atoms in total. The second kappa shape index (κ2) is 8.75. The molecular weight excluding hydrogens is 429 g/mol. The lowest BCUT2D eigenvalue weighted by atomic mass is 10.1. The van der Waals surface area contributed by atoms with E-state index in [9.17, 15) is 18.0 Å². The maximum atomic E-state index is 12.6. The highest BCUT2D eigenvalue weighted by Gasteiger charge is 2.30. The molecule has 3 rings (SSSR count). The van der Waals surface area contributed by atoms with Crippen LogP contribution in [0.3, 0.4) is 0 Å². The Bertz CT molecular complexity index is 978. The molecule has 0 aliphatic rings. The summed E-state index contributed by atoms with van der Waals surface area (Å²) in [6.07, 6.45) is -4.38. The summed E-state index contributed by atoms with van der Waals surface area (Å²) in [5, 5.41) is 10.0. The number of rotatable bonds is 6. The molecule has 0 spiro atoms. The largest absolute Gasteiger partial charge is 0.458 e. The minimum atomic E-state index is -4.38. The summed E-state index contributed by atoms with van der Waals surface area (Å²) in [6.45, 7) is -0.0949. The molecule has 3 aromatic rings. The van der Waals surface area contributed by atoms with Crippen molar-refractivity contribution in [3.8, 4) is 10.6 Å². The molecule has 0 aliphatic carbocycles. The third-order valence-corrected chi connectivity index (χ3v) is 4.91. The summed E-state index contributed by atoms with van der Waals surface area (Å²) >= 11 is 6.93. The minimum absolute atomic E-state index is 0.0455. The third-order valence-electron chi connectivity index (χ3n) is 3.77. The van der Waals surface area contributed by atoms with Crippen molar-refractivity contribution >= 4 is 34.7 Å². The highest BCUT2D eigenvalue weighted by atomic mass is 35.5. The van der Waals surface area contributed by atoms with Crippen molar-refractivity contribution in [3.63, 3.8) is 0 Å². The topological polar surface area (TPSA) is 68.2 Å². The van der Waals surface area contributed by atoms with Crippen molar-refractivity contribution in [2.75, 3.05) is 18.5 Å². The van der Waals surface area contributed by atoms with Crippen LogP contribution in [0.2, 0.25) is 5.15 Å². The number of hydrogen-bond donors (Lipinski definition) is 0. The fraction of sp³-hybridized carbons (Fsp3) is 0.222. The number of alkyl halides is 3. The number of aromatic nitrogens is 3. The predicted octanol–water partition coefficient (Wildman–Crippen LogP) is 4.45. The quantitative estimate of drug-likeness (QED) is 0.525. The number of benzene rings is 1. The van der Waals surface area contributed by atoms with Gasteiger partial charge in [0, 0.05) is 18.0 Å². The van der Waals surface area contributed by atoms with Gasteiger partial charge in [0.05, 0.1) is 11.3 Å². The van der Waals surface area contributed by atoms with Crippen molar-refractivity contribution in [1.29, 1.82) is 0 Å². The predicted molar refractivity (Wildman–Crippen MR) is 103 cm³/mol. The molecule has 29 heavy (non-hydrogen) atoms. The Kier molecular flexibility index (Phi) is 6.33. The van der Waals surface area contributed by atoms with Crippen molar-refractivity contribution in [1.82, 2.24) is 15.2 Å². The molecule has 0 atom stereocenters. The number of halogens is 4. The zero-order valence-corrected chi connectivity index (χ0v) is 16.6. The van der Waals surface area contributed by atoms with Gasteiger partial charge < -0.3 is 9.64 Å². The second-order valence-corrected chi connectivity index (χ2v) is 7.20. The Morgan fingerprint density at radius 2 is 1.90 bits per heavy atom. The van der Waals surface area contributed by atoms with Gasteiger partial charge in [-0.2, -0.15) is 13.2 Å². The first kappa shape index (κ1) is 21.0. The van der Waals surface area contributed by atoms with E-state index >= 15 is 0 Å². The summed E-state index contributed by atoms with van der Waals surface area (Å²) < 4.78 is 43.1. The standard InChI is InChI=1S/C18H14ClF3N4O2S/c1-26(15-7-6-14(19)24-25-15)8-16(27)28-9-13-10-29-17(23-13)11-2-4-12(5-3-11)18(20,21)22/h2-7,10H,8-9H2,1H3. The molecular formula is C18H14ClF3N4O2S. The molecule has 11 heteroatoms. The monoisotopic (exact) mass is 442 g/mol. The molecule has 0 amide bonds. The van der Waals surface area contributed by atoms with Crippen molar-refractivity contribution in [2.45, 2.75) is 12.8 Å². The molecule has 2 heterocycles. The van der Waals surface area contributed by atoms with E-state index in [4.69, 9.17) is 16.3 Å². The van der Waals surface area contributed by atoms with Crippen LogP contribution in [0.5, 0.6) is 0 Å². The van der Waals surface area contributed by atoms with Gasteiger partial charge in [-0.3, -0.25) is 4.79 Å². The Morgan fingerprint density at radius 3 is 2.52 bits per heavy atom. The Morgan fingerprint density at radius 1 is 1.17 bits per heavy atom. The number of esters is 1. The Balaban J connectivity index is 1.55. The number of ether oxygens (including phenoxy) is 1. The van der Waals surface area contributed by atoms with Gasteiger partial charge in [0.15, 0.2) is 11.0 Å². The zero-order chi connectivity index (χ0) is 21.0. The van der Waals surface area contributed by atoms with Gasteiger partial charge in [-0.1, -0.05) is 23.7 Å². The number of likely N-dealkylation sites (N-methyl/N-ethyl adjacent to an activating group) is 1. The number of nitrogens with zero attached hydrogens (tertiary/aromatic N) is 4. The fourth-order valence-corrected chi connectivity index (χ4v) is 3.21. The zero-order valence-electron chi connectivity index (χ0n) is 15.0. The van der Waals surface area contributed by atoms with Crippen molar-refractivity contribution in [3.05, 3.63) is 58.2 Å². The molecule has 0 bridgehead atoms. The maximum Gasteiger partial charge on any atom is 0.416 e. The van der Waals surface area contributed by atoms with E-state index in [-0.39, 0.29) is 18.3 Å². The average molecular weight is 443 g/mol. The van der Waals surface area contributed by atoms with Crippen LogP contribution in [-0.4, -0.2) is 34.7 Å². The summed E-state index contributed by atoms with van der Waals surface area (Å²) in [7, 11) is 1.66. The number of anilines is 1. The molecule has 0 saturated heterocycles. The van der Waals surface area contributed by atoms with E-state index < -0.39 is 17.7 Å². The number of hydrogen-bond acceptors (Lipinski definition) is 7. The maximum absolute atomic E-state index is 12.6. The molecule has 0 aliphatic heterocycles. The van der Waals surface area contributed by atoms with Crippen molar-refractivity contribution < 1.29 is 22.7 Å². The van der Waals surface area contributed by atoms with Gasteiger partial charge in [-0.15, -0.1) is 21.5 Å². The second-order valence-electron chi connectivity index (χ2n) is 5.95. The Labute approximate surface area is 172 Å². The van der Waals surface area contributed by atoms with Gasteiger partial charge in [0.1, 0.15) is 18.2 Å². The molecule has 1 aromatic carbocycles. The lowest BCUT2D eigenvalue weighted by Gasteiger charge is -2.16. The van der Waals surface area contributed by atoms with E-state index in [2.05, 4.69) is 15.2 Å².